The minimum absolute atomic E-state index is 0.0238. The van der Waals surface area contributed by atoms with Crippen molar-refractivity contribution in [3.05, 3.63) is 41.2 Å². The summed E-state index contributed by atoms with van der Waals surface area (Å²) in [6, 6.07) is 3.22. The van der Waals surface area contributed by atoms with Crippen molar-refractivity contribution >= 4 is 28.7 Å². The van der Waals surface area contributed by atoms with Gasteiger partial charge in [-0.3, -0.25) is 4.79 Å². The Hall–Kier alpha value is -1.82. The highest BCUT2D eigenvalue weighted by Gasteiger charge is 2.31. The molecule has 1 unspecified atom stereocenters. The first-order chi connectivity index (χ1) is 10.3. The third-order valence-electron chi connectivity index (χ3n) is 3.82. The SMILES string of the molecule is CC(C)C1CC(=O)C(C(=S)Nc2ccc(F)c(F)c2)=C(O)C1. The van der Waals surface area contributed by atoms with Crippen LogP contribution in [0.2, 0.25) is 0 Å². The number of carbonyl (C=O) groups excluding carboxylic acids is 1. The van der Waals surface area contributed by atoms with E-state index in [1.807, 2.05) is 13.8 Å². The summed E-state index contributed by atoms with van der Waals surface area (Å²) in [6.07, 6.45) is 0.703. The molecule has 1 aliphatic rings. The molecule has 0 saturated carbocycles. The van der Waals surface area contributed by atoms with Gasteiger partial charge in [0.1, 0.15) is 10.7 Å². The van der Waals surface area contributed by atoms with Crippen molar-refractivity contribution in [2.75, 3.05) is 5.32 Å². The van der Waals surface area contributed by atoms with E-state index in [0.29, 0.717) is 12.8 Å². The molecule has 0 aliphatic heterocycles. The van der Waals surface area contributed by atoms with Crippen molar-refractivity contribution in [2.24, 2.45) is 11.8 Å². The van der Waals surface area contributed by atoms with Crippen LogP contribution in [-0.4, -0.2) is 15.9 Å². The zero-order valence-corrected chi connectivity index (χ0v) is 13.1. The molecule has 0 bridgehead atoms. The Bertz CT molecular complexity index is 656. The molecule has 22 heavy (non-hydrogen) atoms. The largest absolute Gasteiger partial charge is 0.511 e. The van der Waals surface area contributed by atoms with Crippen molar-refractivity contribution in [1.82, 2.24) is 0 Å². The molecule has 0 fully saturated rings. The highest BCUT2D eigenvalue weighted by Crippen LogP contribution is 2.31. The van der Waals surface area contributed by atoms with Crippen LogP contribution in [0.25, 0.3) is 0 Å². The molecule has 2 N–H and O–H groups in total. The normalized spacial score (nSPS) is 18.8. The molecular weight excluding hydrogens is 308 g/mol. The highest BCUT2D eigenvalue weighted by molar-refractivity contribution is 7.81. The maximum atomic E-state index is 13.2. The van der Waals surface area contributed by atoms with Crippen LogP contribution < -0.4 is 5.32 Å². The van der Waals surface area contributed by atoms with Crippen molar-refractivity contribution in [3.8, 4) is 0 Å². The third-order valence-corrected chi connectivity index (χ3v) is 4.12. The van der Waals surface area contributed by atoms with Crippen LogP contribution in [0.15, 0.2) is 29.5 Å². The molecule has 1 aliphatic carbocycles. The van der Waals surface area contributed by atoms with E-state index >= 15 is 0 Å². The van der Waals surface area contributed by atoms with E-state index < -0.39 is 11.6 Å². The molecule has 2 rings (SSSR count). The topological polar surface area (TPSA) is 49.3 Å². The summed E-state index contributed by atoms with van der Waals surface area (Å²) in [6.45, 7) is 3.99. The summed E-state index contributed by atoms with van der Waals surface area (Å²) in [5.41, 5.74) is 0.291. The van der Waals surface area contributed by atoms with E-state index in [-0.39, 0.29) is 39.6 Å². The van der Waals surface area contributed by atoms with Gasteiger partial charge in [0.05, 0.1) is 5.57 Å². The first kappa shape index (κ1) is 16.5. The van der Waals surface area contributed by atoms with Gasteiger partial charge in [-0.15, -0.1) is 0 Å². The minimum Gasteiger partial charge on any atom is -0.511 e. The molecule has 1 aromatic rings. The first-order valence-corrected chi connectivity index (χ1v) is 7.42. The highest BCUT2D eigenvalue weighted by atomic mass is 32.1. The number of hydrogen-bond donors (Lipinski definition) is 2. The maximum absolute atomic E-state index is 13.2. The quantitative estimate of drug-likeness (QED) is 0.820. The number of aliphatic hydroxyl groups excluding tert-OH is 1. The van der Waals surface area contributed by atoms with Crippen LogP contribution in [0.3, 0.4) is 0 Å². The Morgan fingerprint density at radius 1 is 1.32 bits per heavy atom. The lowest BCUT2D eigenvalue weighted by Gasteiger charge is -2.26. The lowest BCUT2D eigenvalue weighted by molar-refractivity contribution is -0.117. The third kappa shape index (κ3) is 3.50. The second-order valence-corrected chi connectivity index (χ2v) is 6.15. The van der Waals surface area contributed by atoms with Gasteiger partial charge >= 0.3 is 0 Å². The second-order valence-electron chi connectivity index (χ2n) is 5.74. The number of aliphatic hydroxyl groups is 1. The van der Waals surface area contributed by atoms with Gasteiger partial charge in [-0.05, 0) is 24.0 Å². The van der Waals surface area contributed by atoms with Crippen molar-refractivity contribution < 1.29 is 18.7 Å². The minimum atomic E-state index is -1.01. The van der Waals surface area contributed by atoms with Gasteiger partial charge in [0.25, 0.3) is 0 Å². The van der Waals surface area contributed by atoms with Gasteiger partial charge in [-0.2, -0.15) is 0 Å². The number of rotatable bonds is 3. The van der Waals surface area contributed by atoms with E-state index in [0.717, 1.165) is 12.1 Å². The summed E-state index contributed by atoms with van der Waals surface area (Å²) in [5.74, 6) is -1.90. The summed E-state index contributed by atoms with van der Waals surface area (Å²) < 4.78 is 26.1. The molecule has 1 aromatic carbocycles. The van der Waals surface area contributed by atoms with E-state index in [1.165, 1.54) is 6.07 Å². The van der Waals surface area contributed by atoms with Crippen molar-refractivity contribution in [1.29, 1.82) is 0 Å². The van der Waals surface area contributed by atoms with Gasteiger partial charge in [0, 0.05) is 24.6 Å². The predicted molar refractivity (Wildman–Crippen MR) is 84.8 cm³/mol. The molecule has 0 amide bonds. The monoisotopic (exact) mass is 325 g/mol. The van der Waals surface area contributed by atoms with Gasteiger partial charge in [0.2, 0.25) is 0 Å². The molecular formula is C16H17F2NO2S. The fraction of sp³-hybridized carbons (Fsp3) is 0.375. The Labute approximate surface area is 133 Å². The smallest absolute Gasteiger partial charge is 0.169 e. The zero-order chi connectivity index (χ0) is 16.4. The Morgan fingerprint density at radius 2 is 2.00 bits per heavy atom. The Kier molecular flexibility index (Phi) is 4.90. The van der Waals surface area contributed by atoms with Gasteiger partial charge in [0.15, 0.2) is 17.4 Å². The van der Waals surface area contributed by atoms with Crippen molar-refractivity contribution in [3.63, 3.8) is 0 Å². The number of nitrogens with one attached hydrogen (secondary N) is 1. The van der Waals surface area contributed by atoms with E-state index in [1.54, 1.807) is 0 Å². The number of carbonyl (C=O) groups is 1. The number of hydrogen-bond acceptors (Lipinski definition) is 3. The summed E-state index contributed by atoms with van der Waals surface area (Å²) in [4.78, 5) is 12.2. The lowest BCUT2D eigenvalue weighted by atomic mass is 9.80. The maximum Gasteiger partial charge on any atom is 0.169 e. The zero-order valence-electron chi connectivity index (χ0n) is 12.3. The van der Waals surface area contributed by atoms with E-state index in [9.17, 15) is 18.7 Å². The molecule has 118 valence electrons. The number of benzene rings is 1. The van der Waals surface area contributed by atoms with Gasteiger partial charge in [-0.25, -0.2) is 8.78 Å². The van der Waals surface area contributed by atoms with Gasteiger partial charge < -0.3 is 10.4 Å². The fourth-order valence-electron chi connectivity index (χ4n) is 2.42. The molecule has 1 atom stereocenters. The summed E-state index contributed by atoms with van der Waals surface area (Å²) in [5, 5.41) is 12.8. The van der Waals surface area contributed by atoms with Crippen LogP contribution >= 0.6 is 12.2 Å². The van der Waals surface area contributed by atoms with E-state index in [4.69, 9.17) is 12.2 Å². The van der Waals surface area contributed by atoms with Crippen LogP contribution in [0, 0.1) is 23.5 Å². The standard InChI is InChI=1S/C16H17F2NO2S/c1-8(2)9-5-13(20)15(14(21)6-9)16(22)19-10-3-4-11(17)12(18)7-10/h3-4,7-9,20H,5-6H2,1-2H3,(H,19,22). The average Bonchev–Trinajstić information content (AvgIpc) is 2.42. The molecule has 6 heteroatoms. The van der Waals surface area contributed by atoms with Crippen molar-refractivity contribution in [2.45, 2.75) is 26.7 Å². The lowest BCUT2D eigenvalue weighted by Crippen LogP contribution is -2.29. The summed E-state index contributed by atoms with van der Waals surface area (Å²) >= 11 is 5.12. The average molecular weight is 325 g/mol. The number of Topliss-reactive ketones (excluding diaryl/α,β-unsaturated/α-hetero) is 1. The number of allylic oxidation sites excluding steroid dienone is 1. The van der Waals surface area contributed by atoms with E-state index in [2.05, 4.69) is 5.32 Å². The van der Waals surface area contributed by atoms with Crippen LogP contribution in [0.4, 0.5) is 14.5 Å². The number of anilines is 1. The molecule has 0 saturated heterocycles. The molecule has 0 heterocycles. The number of ketones is 1. The van der Waals surface area contributed by atoms with Crippen LogP contribution in [0.1, 0.15) is 26.7 Å². The first-order valence-electron chi connectivity index (χ1n) is 7.01. The van der Waals surface area contributed by atoms with Crippen LogP contribution in [-0.2, 0) is 4.79 Å². The molecule has 0 spiro atoms. The Morgan fingerprint density at radius 3 is 2.55 bits per heavy atom. The Balaban J connectivity index is 2.19. The van der Waals surface area contributed by atoms with Crippen LogP contribution in [0.5, 0.6) is 0 Å². The fourth-order valence-corrected chi connectivity index (χ4v) is 2.77. The molecule has 0 aromatic heterocycles. The van der Waals surface area contributed by atoms with Gasteiger partial charge in [-0.1, -0.05) is 26.1 Å². The molecule has 0 radical (unpaired) electrons. The number of thiocarbonyl (C=S) groups is 1. The second kappa shape index (κ2) is 6.52. The number of halogens is 2. The summed E-state index contributed by atoms with van der Waals surface area (Å²) in [7, 11) is 0. The predicted octanol–water partition coefficient (Wildman–Crippen LogP) is 4.15. The molecule has 3 nitrogen and oxygen atoms in total.